The Morgan fingerprint density at radius 3 is 3.05 bits per heavy atom. The molecule has 110 valence electrons. The first-order chi connectivity index (χ1) is 10.1. The number of benzene rings is 1. The second-order valence-corrected chi connectivity index (χ2v) is 5.03. The van der Waals surface area contributed by atoms with E-state index < -0.39 is 11.5 Å². The molecule has 1 atom stereocenters. The molecular weight excluding hydrogens is 274 g/mol. The lowest BCUT2D eigenvalue weighted by atomic mass is 10.0. The highest BCUT2D eigenvalue weighted by Gasteiger charge is 2.32. The Balaban J connectivity index is 1.57. The monoisotopic (exact) mass is 289 g/mol. The second kappa shape index (κ2) is 5.64. The molecule has 0 spiro atoms. The van der Waals surface area contributed by atoms with Gasteiger partial charge in [-0.05, 0) is 18.2 Å². The number of amides is 1. The number of fused-ring (bicyclic) bond motifs is 1. The van der Waals surface area contributed by atoms with E-state index in [1.165, 1.54) is 0 Å². The molecule has 1 saturated heterocycles. The molecule has 0 unspecified atom stereocenters. The molecule has 6 heteroatoms. The molecule has 21 heavy (non-hydrogen) atoms. The van der Waals surface area contributed by atoms with Gasteiger partial charge in [0, 0.05) is 31.1 Å². The fourth-order valence-corrected chi connectivity index (χ4v) is 2.13. The van der Waals surface area contributed by atoms with Crippen molar-refractivity contribution in [1.29, 1.82) is 0 Å². The van der Waals surface area contributed by atoms with E-state index in [9.17, 15) is 9.90 Å². The van der Waals surface area contributed by atoms with E-state index in [2.05, 4.69) is 17.2 Å². The zero-order chi connectivity index (χ0) is 14.7. The lowest BCUT2D eigenvalue weighted by Gasteiger charge is -2.19. The molecule has 1 aromatic carbocycles. The van der Waals surface area contributed by atoms with Gasteiger partial charge in [0.05, 0.1) is 6.61 Å². The van der Waals surface area contributed by atoms with Gasteiger partial charge in [0.2, 0.25) is 6.79 Å². The predicted octanol–water partition coefficient (Wildman–Crippen LogP) is 0.0344. The van der Waals surface area contributed by atoms with E-state index in [1.54, 1.807) is 18.2 Å². The summed E-state index contributed by atoms with van der Waals surface area (Å²) in [4.78, 5) is 11.7. The largest absolute Gasteiger partial charge is 0.454 e. The van der Waals surface area contributed by atoms with E-state index in [4.69, 9.17) is 14.2 Å². The summed E-state index contributed by atoms with van der Waals surface area (Å²) in [5.41, 5.74) is -0.312. The summed E-state index contributed by atoms with van der Waals surface area (Å²) in [5.74, 6) is 6.10. The average Bonchev–Trinajstić information content (AvgIpc) is 3.11. The number of hydrogen-bond acceptors (Lipinski definition) is 5. The van der Waals surface area contributed by atoms with Crippen LogP contribution in [0.1, 0.15) is 12.0 Å². The highest BCUT2D eigenvalue weighted by Crippen LogP contribution is 2.32. The van der Waals surface area contributed by atoms with Crippen LogP contribution in [0, 0.1) is 11.8 Å². The Labute approximate surface area is 122 Å². The molecule has 0 radical (unpaired) electrons. The summed E-state index contributed by atoms with van der Waals surface area (Å²) in [5, 5.41) is 12.6. The van der Waals surface area contributed by atoms with Crippen molar-refractivity contribution in [2.45, 2.75) is 12.0 Å². The molecular formula is C15H15NO5. The van der Waals surface area contributed by atoms with Crippen molar-refractivity contribution in [3.8, 4) is 23.3 Å². The van der Waals surface area contributed by atoms with Crippen LogP contribution in [-0.2, 0) is 9.53 Å². The molecule has 1 amide bonds. The molecule has 6 nitrogen and oxygen atoms in total. The maximum atomic E-state index is 11.7. The zero-order valence-corrected chi connectivity index (χ0v) is 11.3. The smallest absolute Gasteiger partial charge is 0.296 e. The first-order valence-corrected chi connectivity index (χ1v) is 6.64. The standard InChI is InChI=1S/C15H15NO5/c17-14(16-8-15(18)5-6-19-9-15)4-2-11-1-3-12-13(7-11)21-10-20-12/h1,3,7,18H,5-6,8-10H2,(H,16,17)/t15-/m0/s1. The van der Waals surface area contributed by atoms with Crippen molar-refractivity contribution >= 4 is 5.91 Å². The van der Waals surface area contributed by atoms with Gasteiger partial charge in [-0.2, -0.15) is 0 Å². The Kier molecular flexibility index (Phi) is 3.69. The molecule has 3 rings (SSSR count). The summed E-state index contributed by atoms with van der Waals surface area (Å²) < 4.78 is 15.5. The van der Waals surface area contributed by atoms with E-state index >= 15 is 0 Å². The Bertz CT molecular complexity index is 610. The van der Waals surface area contributed by atoms with Crippen molar-refractivity contribution < 1.29 is 24.1 Å². The van der Waals surface area contributed by atoms with Crippen LogP contribution in [-0.4, -0.2) is 43.2 Å². The normalized spacial score (nSPS) is 22.5. The number of nitrogens with one attached hydrogen (secondary N) is 1. The van der Waals surface area contributed by atoms with Gasteiger partial charge in [-0.15, -0.1) is 0 Å². The first kappa shape index (κ1) is 13.7. The highest BCUT2D eigenvalue weighted by molar-refractivity contribution is 5.94. The summed E-state index contributed by atoms with van der Waals surface area (Å²) >= 11 is 0. The zero-order valence-electron chi connectivity index (χ0n) is 11.3. The fraction of sp³-hybridized carbons (Fsp3) is 0.400. The number of carbonyl (C=O) groups is 1. The molecule has 2 aliphatic heterocycles. The van der Waals surface area contributed by atoms with Gasteiger partial charge in [0.1, 0.15) is 5.60 Å². The highest BCUT2D eigenvalue weighted by atomic mass is 16.7. The fourth-order valence-electron chi connectivity index (χ4n) is 2.13. The Morgan fingerprint density at radius 1 is 1.38 bits per heavy atom. The molecule has 2 aliphatic rings. The van der Waals surface area contributed by atoms with Crippen LogP contribution in [0.4, 0.5) is 0 Å². The summed E-state index contributed by atoms with van der Waals surface area (Å²) in [6.45, 7) is 1.09. The molecule has 1 aromatic rings. The van der Waals surface area contributed by atoms with Gasteiger partial charge >= 0.3 is 0 Å². The van der Waals surface area contributed by atoms with E-state index in [1.807, 2.05) is 0 Å². The van der Waals surface area contributed by atoms with Gasteiger partial charge in [-0.25, -0.2) is 0 Å². The molecule has 2 N–H and O–H groups in total. The lowest BCUT2D eigenvalue weighted by molar-refractivity contribution is -0.116. The van der Waals surface area contributed by atoms with Gasteiger partial charge in [-0.3, -0.25) is 4.79 Å². The molecule has 0 bridgehead atoms. The lowest BCUT2D eigenvalue weighted by Crippen LogP contribution is -2.43. The topological polar surface area (TPSA) is 77.0 Å². The number of carbonyl (C=O) groups excluding carboxylic acids is 1. The third kappa shape index (κ3) is 3.27. The maximum Gasteiger partial charge on any atom is 0.296 e. The minimum atomic E-state index is -0.976. The number of hydrogen-bond donors (Lipinski definition) is 2. The van der Waals surface area contributed by atoms with Crippen LogP contribution in [0.15, 0.2) is 18.2 Å². The van der Waals surface area contributed by atoms with Crippen molar-refractivity contribution in [1.82, 2.24) is 5.32 Å². The van der Waals surface area contributed by atoms with Crippen molar-refractivity contribution in [2.75, 3.05) is 26.6 Å². The number of aliphatic hydroxyl groups is 1. The van der Waals surface area contributed by atoms with E-state index in [-0.39, 0.29) is 19.9 Å². The Morgan fingerprint density at radius 2 is 2.24 bits per heavy atom. The SMILES string of the molecule is O=C(C#Cc1ccc2c(c1)OCO2)NC[C@@]1(O)CCOC1. The van der Waals surface area contributed by atoms with Crippen LogP contribution in [0.2, 0.25) is 0 Å². The second-order valence-electron chi connectivity index (χ2n) is 5.03. The summed E-state index contributed by atoms with van der Waals surface area (Å²) in [6, 6.07) is 5.23. The molecule has 1 fully saturated rings. The van der Waals surface area contributed by atoms with Gasteiger partial charge in [-0.1, -0.05) is 5.92 Å². The molecule has 0 saturated carbocycles. The van der Waals surface area contributed by atoms with Crippen molar-refractivity contribution in [2.24, 2.45) is 0 Å². The molecule has 2 heterocycles. The quantitative estimate of drug-likeness (QED) is 0.751. The summed E-state index contributed by atoms with van der Waals surface area (Å²) in [6.07, 6.45) is 0.517. The average molecular weight is 289 g/mol. The summed E-state index contributed by atoms with van der Waals surface area (Å²) in [7, 11) is 0. The predicted molar refractivity (Wildman–Crippen MR) is 72.8 cm³/mol. The number of ether oxygens (including phenoxy) is 3. The van der Waals surface area contributed by atoms with Crippen LogP contribution in [0.25, 0.3) is 0 Å². The van der Waals surface area contributed by atoms with E-state index in [0.29, 0.717) is 30.1 Å². The minimum Gasteiger partial charge on any atom is -0.454 e. The van der Waals surface area contributed by atoms with Crippen molar-refractivity contribution in [3.05, 3.63) is 23.8 Å². The van der Waals surface area contributed by atoms with Crippen LogP contribution >= 0.6 is 0 Å². The number of rotatable bonds is 2. The van der Waals surface area contributed by atoms with Crippen LogP contribution in [0.3, 0.4) is 0 Å². The third-order valence-electron chi connectivity index (χ3n) is 3.35. The Hall–Kier alpha value is -2.23. The van der Waals surface area contributed by atoms with Gasteiger partial charge in [0.15, 0.2) is 11.5 Å². The van der Waals surface area contributed by atoms with Crippen LogP contribution < -0.4 is 14.8 Å². The first-order valence-electron chi connectivity index (χ1n) is 6.64. The molecule has 0 aliphatic carbocycles. The minimum absolute atomic E-state index is 0.141. The van der Waals surface area contributed by atoms with E-state index in [0.717, 1.165) is 0 Å². The molecule has 0 aromatic heterocycles. The van der Waals surface area contributed by atoms with Crippen molar-refractivity contribution in [3.63, 3.8) is 0 Å². The maximum absolute atomic E-state index is 11.7. The van der Waals surface area contributed by atoms with Crippen LogP contribution in [0.5, 0.6) is 11.5 Å². The van der Waals surface area contributed by atoms with Gasteiger partial charge < -0.3 is 24.6 Å². The third-order valence-corrected chi connectivity index (χ3v) is 3.35. The van der Waals surface area contributed by atoms with Gasteiger partial charge in [0.25, 0.3) is 5.91 Å².